The molecule has 386 valence electrons. The normalized spacial score (nSPS) is 12.4. The zero-order chi connectivity index (χ0) is 46.3. The molecular weight excluding hydrogens is 854 g/mol. The maximum atomic E-state index is 9.72. The highest BCUT2D eigenvalue weighted by Gasteiger charge is 2.26. The van der Waals surface area contributed by atoms with Gasteiger partial charge in [-0.05, 0) is 19.3 Å². The van der Waals surface area contributed by atoms with E-state index in [0.29, 0.717) is 19.8 Å². The quantitative estimate of drug-likeness (QED) is 0.0464. The monoisotopic (exact) mass is 967 g/mol. The molecule has 0 fully saturated rings. The second-order valence-corrected chi connectivity index (χ2v) is 22.8. The van der Waals surface area contributed by atoms with Gasteiger partial charge in [-0.2, -0.15) is 0 Å². The largest absolute Gasteiger partial charge is 0.347 e. The van der Waals surface area contributed by atoms with E-state index in [1.54, 1.807) is 0 Å². The summed E-state index contributed by atoms with van der Waals surface area (Å²) in [6, 6.07) is 0. The lowest BCUT2D eigenvalue weighted by Gasteiger charge is -2.22. The van der Waals surface area contributed by atoms with Gasteiger partial charge in [0.15, 0.2) is 0 Å². The van der Waals surface area contributed by atoms with Gasteiger partial charge in [0.1, 0.15) is 0 Å². The molecule has 0 aliphatic rings. The average Bonchev–Trinajstić information content (AvgIpc) is 3.29. The van der Waals surface area contributed by atoms with Crippen LogP contribution in [-0.2, 0) is 22.2 Å². The molecule has 0 amide bonds. The Morgan fingerprint density at radius 3 is 0.578 bits per heavy atom. The van der Waals surface area contributed by atoms with Crippen molar-refractivity contribution >= 4 is 25.8 Å². The van der Waals surface area contributed by atoms with Gasteiger partial charge in [-0.3, -0.25) is 0 Å². The van der Waals surface area contributed by atoms with Crippen LogP contribution >= 0.6 is 25.8 Å². The van der Waals surface area contributed by atoms with Crippen molar-refractivity contribution in [3.63, 3.8) is 0 Å². The number of hydrogen-bond donors (Lipinski definition) is 2. The number of rotatable bonds is 58. The second kappa shape index (κ2) is 58.3. The van der Waals surface area contributed by atoms with E-state index in [1.165, 1.54) is 270 Å². The highest BCUT2D eigenvalue weighted by Crippen LogP contribution is 2.60. The van der Waals surface area contributed by atoms with Crippen LogP contribution in [0, 0.1) is 0 Å². The standard InChI is InChI=1S/C54H113O7P3/c1-4-7-10-13-16-19-22-25-28-31-34-37-40-43-46-49-52-57-63(58-53-50-47-44-41-38-35-32-29-26-23-20-17-14-11-8-5-2)61-64(60-62(55)56)59-54-51-48-45-42-39-36-33-30-27-24-21-18-15-12-9-6-3/h55-56H,4-54H2,1-3H3. The van der Waals surface area contributed by atoms with E-state index >= 15 is 0 Å². The van der Waals surface area contributed by atoms with Gasteiger partial charge in [-0.25, -0.2) is 8.62 Å². The Balaban J connectivity index is 4.36. The molecule has 1 atom stereocenters. The Kier molecular flexibility index (Phi) is 59.2. The Hall–Kier alpha value is 1.01. The third-order valence-electron chi connectivity index (χ3n) is 12.9. The van der Waals surface area contributed by atoms with Gasteiger partial charge >= 0.3 is 25.8 Å². The molecule has 0 rings (SSSR count). The van der Waals surface area contributed by atoms with E-state index in [-0.39, 0.29) is 0 Å². The lowest BCUT2D eigenvalue weighted by Crippen LogP contribution is -2.00. The van der Waals surface area contributed by atoms with E-state index in [9.17, 15) is 9.79 Å². The SMILES string of the molecule is CCCCCCCCCCCCCCCCCCOP(OCCCCCCCCCCCCCCCCCC)OP(OCCCCCCCCCCCCCCCCCC)OP(O)O. The summed E-state index contributed by atoms with van der Waals surface area (Å²) in [5.74, 6) is 0. The summed E-state index contributed by atoms with van der Waals surface area (Å²) < 4.78 is 29.7. The Bertz CT molecular complexity index is 792. The number of hydrogen-bond acceptors (Lipinski definition) is 7. The Labute approximate surface area is 405 Å². The molecule has 64 heavy (non-hydrogen) atoms. The molecule has 7 nitrogen and oxygen atoms in total. The van der Waals surface area contributed by atoms with Gasteiger partial charge in [-0.15, -0.1) is 0 Å². The van der Waals surface area contributed by atoms with Crippen LogP contribution in [-0.4, -0.2) is 29.6 Å². The molecule has 1 unspecified atom stereocenters. The first-order valence-corrected chi connectivity index (χ1v) is 32.0. The van der Waals surface area contributed by atoms with E-state index in [4.69, 9.17) is 22.2 Å². The van der Waals surface area contributed by atoms with Crippen molar-refractivity contribution in [2.45, 2.75) is 329 Å². The molecule has 0 aliphatic carbocycles. The fraction of sp³-hybridized carbons (Fsp3) is 1.00. The molecule has 0 aromatic carbocycles. The first-order chi connectivity index (χ1) is 31.6. The summed E-state index contributed by atoms with van der Waals surface area (Å²) in [6.45, 7) is 8.47. The summed E-state index contributed by atoms with van der Waals surface area (Å²) in [5.41, 5.74) is 0. The second-order valence-electron chi connectivity index (χ2n) is 19.3. The van der Waals surface area contributed by atoms with Crippen LogP contribution in [0.15, 0.2) is 0 Å². The van der Waals surface area contributed by atoms with Crippen molar-refractivity contribution < 1.29 is 32.0 Å². The minimum atomic E-state index is -2.61. The predicted octanol–water partition coefficient (Wildman–Crippen LogP) is 21.5. The molecule has 10 heteroatoms. The van der Waals surface area contributed by atoms with Crippen molar-refractivity contribution in [2.75, 3.05) is 19.8 Å². The molecule has 0 spiro atoms. The fourth-order valence-electron chi connectivity index (χ4n) is 8.63. The molecule has 0 aromatic rings. The highest BCUT2D eigenvalue weighted by atomic mass is 31.3. The Morgan fingerprint density at radius 2 is 0.391 bits per heavy atom. The average molecular weight is 967 g/mol. The smallest absolute Gasteiger partial charge is 0.328 e. The molecular formula is C54H113O7P3. The van der Waals surface area contributed by atoms with Crippen LogP contribution in [0.5, 0.6) is 0 Å². The third kappa shape index (κ3) is 55.6. The van der Waals surface area contributed by atoms with Crippen molar-refractivity contribution in [3.8, 4) is 0 Å². The number of unbranched alkanes of at least 4 members (excludes halogenated alkanes) is 45. The molecule has 0 saturated carbocycles. The summed E-state index contributed by atoms with van der Waals surface area (Å²) in [6.07, 6.45) is 63.9. The van der Waals surface area contributed by atoms with Gasteiger partial charge in [0.05, 0.1) is 19.8 Å². The topological polar surface area (TPSA) is 86.6 Å². The molecule has 0 aliphatic heterocycles. The Morgan fingerprint density at radius 1 is 0.219 bits per heavy atom. The lowest BCUT2D eigenvalue weighted by molar-refractivity contribution is 0.180. The van der Waals surface area contributed by atoms with E-state index in [1.807, 2.05) is 0 Å². The van der Waals surface area contributed by atoms with Crippen LogP contribution in [0.4, 0.5) is 0 Å². The lowest BCUT2D eigenvalue weighted by atomic mass is 10.0. The van der Waals surface area contributed by atoms with Crippen LogP contribution < -0.4 is 0 Å². The summed E-state index contributed by atoms with van der Waals surface area (Å²) >= 11 is 0. The summed E-state index contributed by atoms with van der Waals surface area (Å²) in [4.78, 5) is 19.4. The zero-order valence-electron chi connectivity index (χ0n) is 43.3. The van der Waals surface area contributed by atoms with Gasteiger partial charge in [0, 0.05) is 0 Å². The molecule has 2 N–H and O–H groups in total. The van der Waals surface area contributed by atoms with E-state index < -0.39 is 25.8 Å². The van der Waals surface area contributed by atoms with Crippen molar-refractivity contribution in [1.82, 2.24) is 0 Å². The third-order valence-corrected chi connectivity index (χ3v) is 16.2. The van der Waals surface area contributed by atoms with E-state index in [0.717, 1.165) is 38.5 Å². The van der Waals surface area contributed by atoms with Crippen molar-refractivity contribution in [2.24, 2.45) is 0 Å². The zero-order valence-corrected chi connectivity index (χ0v) is 46.0. The molecule has 0 radical (unpaired) electrons. The maximum absolute atomic E-state index is 9.72. The van der Waals surface area contributed by atoms with Gasteiger partial charge in [-0.1, -0.05) is 310 Å². The molecule has 0 aromatic heterocycles. The highest BCUT2D eigenvalue weighted by molar-refractivity contribution is 7.60. The van der Waals surface area contributed by atoms with Crippen LogP contribution in [0.3, 0.4) is 0 Å². The minimum Gasteiger partial charge on any atom is -0.328 e. The first-order valence-electron chi connectivity index (χ1n) is 28.7. The van der Waals surface area contributed by atoms with Gasteiger partial charge in [0.25, 0.3) is 0 Å². The first kappa shape index (κ1) is 65.0. The van der Waals surface area contributed by atoms with Gasteiger partial charge < -0.3 is 23.4 Å². The van der Waals surface area contributed by atoms with E-state index in [2.05, 4.69) is 20.8 Å². The van der Waals surface area contributed by atoms with Gasteiger partial charge in [0.2, 0.25) is 0 Å². The van der Waals surface area contributed by atoms with Crippen molar-refractivity contribution in [3.05, 3.63) is 0 Å². The summed E-state index contributed by atoms with van der Waals surface area (Å²) in [5, 5.41) is 0. The molecule has 0 saturated heterocycles. The van der Waals surface area contributed by atoms with Crippen LogP contribution in [0.25, 0.3) is 0 Å². The minimum absolute atomic E-state index is 0.467. The van der Waals surface area contributed by atoms with Crippen LogP contribution in [0.2, 0.25) is 0 Å². The van der Waals surface area contributed by atoms with Crippen LogP contribution in [0.1, 0.15) is 329 Å². The fourth-order valence-corrected chi connectivity index (χ4v) is 11.6. The van der Waals surface area contributed by atoms with Crippen molar-refractivity contribution in [1.29, 1.82) is 0 Å². The molecule has 0 heterocycles. The summed E-state index contributed by atoms with van der Waals surface area (Å²) in [7, 11) is -6.27. The molecule has 0 bridgehead atoms. The maximum Gasteiger partial charge on any atom is 0.347 e. The predicted molar refractivity (Wildman–Crippen MR) is 284 cm³/mol.